The number of hydrogen-bond acceptors (Lipinski definition) is 5. The lowest BCUT2D eigenvalue weighted by Gasteiger charge is -2.14. The highest BCUT2D eigenvalue weighted by Crippen LogP contribution is 2.56. The molecule has 3 rings (SSSR count). The van der Waals surface area contributed by atoms with E-state index in [1.54, 1.807) is 0 Å². The maximum Gasteiger partial charge on any atom is 0.309 e. The standard InChI is InChI=1S/C9H10O5/c1-12-8(11)6-4-3-2-13-9(14-3)7(10)5(4)6/h3-6,9H,2H2,1H3/t3-,4-,5+,6+,9-/m1/s1. The largest absolute Gasteiger partial charge is 0.469 e. The lowest BCUT2D eigenvalue weighted by Crippen LogP contribution is -2.30. The Hall–Kier alpha value is -0.940. The zero-order chi connectivity index (χ0) is 9.87. The van der Waals surface area contributed by atoms with Crippen molar-refractivity contribution in [2.24, 2.45) is 17.8 Å². The van der Waals surface area contributed by atoms with Crippen LogP contribution in [0.5, 0.6) is 0 Å². The molecule has 2 bridgehead atoms. The first kappa shape index (κ1) is 8.38. The molecule has 0 aromatic rings. The normalized spacial score (nSPS) is 48.6. The summed E-state index contributed by atoms with van der Waals surface area (Å²) in [5, 5.41) is 0. The maximum atomic E-state index is 11.6. The molecule has 0 N–H and O–H groups in total. The smallest absolute Gasteiger partial charge is 0.309 e. The second-order valence-corrected chi connectivity index (χ2v) is 3.89. The SMILES string of the molecule is COC(=O)[C@@H]1[C@H]2C(=O)[C@@H]3OC[C@@H](O3)[C@@H]12. The molecule has 0 spiro atoms. The average Bonchev–Trinajstić information content (AvgIpc) is 2.80. The fourth-order valence-electron chi connectivity index (χ4n) is 2.53. The highest BCUT2D eigenvalue weighted by atomic mass is 16.7. The molecule has 0 amide bonds. The number of hydrogen-bond donors (Lipinski definition) is 0. The first-order valence-electron chi connectivity index (χ1n) is 4.62. The number of rotatable bonds is 1. The van der Waals surface area contributed by atoms with Gasteiger partial charge in [-0.05, 0) is 0 Å². The van der Waals surface area contributed by atoms with Gasteiger partial charge in [0.15, 0.2) is 5.78 Å². The minimum Gasteiger partial charge on any atom is -0.469 e. The van der Waals surface area contributed by atoms with Gasteiger partial charge in [-0.25, -0.2) is 0 Å². The van der Waals surface area contributed by atoms with Crippen LogP contribution in [0.2, 0.25) is 0 Å². The van der Waals surface area contributed by atoms with Gasteiger partial charge in [-0.15, -0.1) is 0 Å². The minimum absolute atomic E-state index is 0.00583. The number of carbonyl (C=O) groups excluding carboxylic acids is 2. The molecule has 3 fully saturated rings. The van der Waals surface area contributed by atoms with Crippen molar-refractivity contribution in [1.82, 2.24) is 0 Å². The summed E-state index contributed by atoms with van der Waals surface area (Å²) < 4.78 is 15.1. The van der Waals surface area contributed by atoms with Crippen LogP contribution in [0.4, 0.5) is 0 Å². The van der Waals surface area contributed by atoms with Crippen LogP contribution in [-0.2, 0) is 23.8 Å². The molecule has 2 aliphatic heterocycles. The summed E-state index contributed by atoms with van der Waals surface area (Å²) in [6.07, 6.45) is -0.817. The Bertz CT molecular complexity index is 308. The lowest BCUT2D eigenvalue weighted by molar-refractivity contribution is -0.154. The van der Waals surface area contributed by atoms with Crippen LogP contribution >= 0.6 is 0 Å². The summed E-state index contributed by atoms with van der Waals surface area (Å²) in [6.45, 7) is 0.422. The van der Waals surface area contributed by atoms with E-state index in [1.807, 2.05) is 0 Å². The fourth-order valence-corrected chi connectivity index (χ4v) is 2.53. The summed E-state index contributed by atoms with van der Waals surface area (Å²) >= 11 is 0. The van der Waals surface area contributed by atoms with Crippen molar-refractivity contribution in [1.29, 1.82) is 0 Å². The summed E-state index contributed by atoms with van der Waals surface area (Å²) in [6, 6.07) is 0. The van der Waals surface area contributed by atoms with Crippen LogP contribution in [0, 0.1) is 17.8 Å². The third kappa shape index (κ3) is 0.861. The molecule has 3 aliphatic rings. The van der Waals surface area contributed by atoms with Crippen LogP contribution in [-0.4, -0.2) is 37.9 Å². The van der Waals surface area contributed by atoms with Crippen molar-refractivity contribution in [2.75, 3.05) is 13.7 Å². The van der Waals surface area contributed by atoms with Gasteiger partial charge in [0.25, 0.3) is 0 Å². The molecule has 2 saturated heterocycles. The Balaban J connectivity index is 1.84. The molecule has 5 atom stereocenters. The number of carbonyl (C=O) groups is 2. The van der Waals surface area contributed by atoms with Gasteiger partial charge in [0, 0.05) is 11.8 Å². The van der Waals surface area contributed by atoms with E-state index >= 15 is 0 Å². The third-order valence-corrected chi connectivity index (χ3v) is 3.25. The molecule has 5 heteroatoms. The zero-order valence-electron chi connectivity index (χ0n) is 7.64. The van der Waals surface area contributed by atoms with E-state index in [2.05, 4.69) is 4.74 Å². The monoisotopic (exact) mass is 198 g/mol. The summed E-state index contributed by atoms with van der Waals surface area (Å²) in [5.41, 5.74) is 0. The van der Waals surface area contributed by atoms with E-state index in [-0.39, 0.29) is 35.6 Å². The first-order valence-corrected chi connectivity index (χ1v) is 4.62. The van der Waals surface area contributed by atoms with Gasteiger partial charge in [0.1, 0.15) is 0 Å². The predicted octanol–water partition coefficient (Wildman–Crippen LogP) is -0.654. The average molecular weight is 198 g/mol. The highest BCUT2D eigenvalue weighted by molar-refractivity contribution is 5.95. The van der Waals surface area contributed by atoms with Gasteiger partial charge in [0.2, 0.25) is 6.29 Å². The fraction of sp³-hybridized carbons (Fsp3) is 0.778. The number of methoxy groups -OCH3 is 1. The number of Topliss-reactive ketones (excluding diaryl/α,β-unsaturated/α-hetero) is 1. The molecule has 76 valence electrons. The Morgan fingerprint density at radius 1 is 1.57 bits per heavy atom. The second-order valence-electron chi connectivity index (χ2n) is 3.89. The minimum atomic E-state index is -0.726. The molecular weight excluding hydrogens is 188 g/mol. The molecule has 0 radical (unpaired) electrons. The summed E-state index contributed by atoms with van der Waals surface area (Å²) in [5.74, 6) is -0.905. The number of fused-ring (bicyclic) bond motifs is 4. The van der Waals surface area contributed by atoms with E-state index < -0.39 is 6.29 Å². The molecular formula is C9H10O5. The second kappa shape index (κ2) is 2.55. The van der Waals surface area contributed by atoms with Gasteiger partial charge < -0.3 is 14.2 Å². The van der Waals surface area contributed by atoms with Crippen molar-refractivity contribution >= 4 is 11.8 Å². The number of ketones is 1. The van der Waals surface area contributed by atoms with Crippen LogP contribution < -0.4 is 0 Å². The van der Waals surface area contributed by atoms with Gasteiger partial charge in [-0.2, -0.15) is 0 Å². The van der Waals surface area contributed by atoms with E-state index in [0.29, 0.717) is 6.61 Å². The molecule has 0 aromatic carbocycles. The molecule has 2 heterocycles. The van der Waals surface area contributed by atoms with Gasteiger partial charge in [-0.3, -0.25) is 9.59 Å². The van der Waals surface area contributed by atoms with Crippen molar-refractivity contribution in [3.63, 3.8) is 0 Å². The molecule has 0 aromatic heterocycles. The topological polar surface area (TPSA) is 61.8 Å². The Morgan fingerprint density at radius 3 is 3.07 bits per heavy atom. The molecule has 1 aliphatic carbocycles. The van der Waals surface area contributed by atoms with Crippen molar-refractivity contribution in [3.8, 4) is 0 Å². The third-order valence-electron chi connectivity index (χ3n) is 3.25. The van der Waals surface area contributed by atoms with Crippen LogP contribution in [0.3, 0.4) is 0 Å². The van der Waals surface area contributed by atoms with E-state index in [4.69, 9.17) is 9.47 Å². The summed E-state index contributed by atoms with van der Waals surface area (Å²) in [7, 11) is 1.34. The highest BCUT2D eigenvalue weighted by Gasteiger charge is 2.69. The number of esters is 1. The van der Waals surface area contributed by atoms with E-state index in [0.717, 1.165) is 0 Å². The molecule has 14 heavy (non-hydrogen) atoms. The Morgan fingerprint density at radius 2 is 2.36 bits per heavy atom. The van der Waals surface area contributed by atoms with Crippen molar-refractivity contribution < 1.29 is 23.8 Å². The van der Waals surface area contributed by atoms with E-state index in [9.17, 15) is 9.59 Å². The quantitative estimate of drug-likeness (QED) is 0.524. The molecule has 1 saturated carbocycles. The predicted molar refractivity (Wildman–Crippen MR) is 42.1 cm³/mol. The number of ether oxygens (including phenoxy) is 3. The van der Waals surface area contributed by atoms with Crippen LogP contribution in [0.1, 0.15) is 0 Å². The van der Waals surface area contributed by atoms with Crippen LogP contribution in [0.25, 0.3) is 0 Å². The first-order chi connectivity index (χ1) is 6.74. The molecule has 0 unspecified atom stereocenters. The van der Waals surface area contributed by atoms with E-state index in [1.165, 1.54) is 7.11 Å². The van der Waals surface area contributed by atoms with Gasteiger partial charge in [-0.1, -0.05) is 0 Å². The Labute approximate surface area is 80.3 Å². The Kier molecular flexibility index (Phi) is 1.52. The lowest BCUT2D eigenvalue weighted by atomic mass is 10.1. The van der Waals surface area contributed by atoms with Crippen molar-refractivity contribution in [2.45, 2.75) is 12.4 Å². The van der Waals surface area contributed by atoms with Gasteiger partial charge >= 0.3 is 5.97 Å². The molecule has 5 nitrogen and oxygen atoms in total. The van der Waals surface area contributed by atoms with Crippen molar-refractivity contribution in [3.05, 3.63) is 0 Å². The maximum absolute atomic E-state index is 11.6. The zero-order valence-corrected chi connectivity index (χ0v) is 7.64. The van der Waals surface area contributed by atoms with Crippen LogP contribution in [0.15, 0.2) is 0 Å². The van der Waals surface area contributed by atoms with Gasteiger partial charge in [0.05, 0.1) is 25.7 Å². The summed E-state index contributed by atoms with van der Waals surface area (Å²) in [4.78, 5) is 22.9.